The zero-order chi connectivity index (χ0) is 21.5. The molecule has 6 nitrogen and oxygen atoms in total. The van der Waals surface area contributed by atoms with Gasteiger partial charge in [-0.05, 0) is 48.4 Å². The first-order chi connectivity index (χ1) is 15.1. The van der Waals surface area contributed by atoms with Gasteiger partial charge >= 0.3 is 0 Å². The number of fused-ring (bicyclic) bond motifs is 1. The molecule has 0 aliphatic carbocycles. The third-order valence-electron chi connectivity index (χ3n) is 5.94. The molecular weight excluding hydrogens is 392 g/mol. The van der Waals surface area contributed by atoms with Gasteiger partial charge in [-0.1, -0.05) is 48.5 Å². The molecule has 0 unspecified atom stereocenters. The third-order valence-corrected chi connectivity index (χ3v) is 5.94. The summed E-state index contributed by atoms with van der Waals surface area (Å²) in [7, 11) is 1.61. The average Bonchev–Trinajstić information content (AvgIpc) is 3.31. The molecule has 0 saturated carbocycles. The molecule has 0 spiro atoms. The van der Waals surface area contributed by atoms with E-state index < -0.39 is 18.1 Å². The average molecular weight is 414 g/mol. The van der Waals surface area contributed by atoms with Crippen molar-refractivity contribution >= 4 is 23.2 Å². The van der Waals surface area contributed by atoms with Crippen LogP contribution in [-0.2, 0) is 14.4 Å². The number of anilines is 2. The second-order valence-corrected chi connectivity index (χ2v) is 7.73. The molecule has 2 saturated heterocycles. The van der Waals surface area contributed by atoms with Crippen LogP contribution in [0.3, 0.4) is 0 Å². The van der Waals surface area contributed by atoms with E-state index in [1.54, 1.807) is 18.2 Å². The molecular formula is C25H22N2O4. The summed E-state index contributed by atoms with van der Waals surface area (Å²) in [6.07, 6.45) is -0.876. The quantitative estimate of drug-likeness (QED) is 0.603. The van der Waals surface area contributed by atoms with E-state index in [2.05, 4.69) is 0 Å². The summed E-state index contributed by atoms with van der Waals surface area (Å²) in [6, 6.07) is 24.0. The Morgan fingerprint density at radius 2 is 1.52 bits per heavy atom. The number of para-hydroxylation sites is 2. The van der Waals surface area contributed by atoms with Crippen molar-refractivity contribution in [1.82, 2.24) is 0 Å². The van der Waals surface area contributed by atoms with E-state index in [1.165, 1.54) is 4.90 Å². The van der Waals surface area contributed by atoms with Crippen molar-refractivity contribution in [2.45, 2.75) is 19.1 Å². The molecule has 2 amide bonds. The van der Waals surface area contributed by atoms with E-state index in [0.717, 1.165) is 22.6 Å². The lowest BCUT2D eigenvalue weighted by atomic mass is 9.90. The summed E-state index contributed by atoms with van der Waals surface area (Å²) in [5.74, 6) is -0.508. The molecule has 31 heavy (non-hydrogen) atoms. The Kier molecular flexibility index (Phi) is 4.71. The van der Waals surface area contributed by atoms with Gasteiger partial charge in [0.05, 0.1) is 24.5 Å². The minimum absolute atomic E-state index is 0.247. The number of ether oxygens (including phenoxy) is 1. The molecule has 156 valence electrons. The number of aryl methyl sites for hydroxylation is 1. The van der Waals surface area contributed by atoms with E-state index in [4.69, 9.17) is 9.57 Å². The fraction of sp³-hybridized carbons (Fsp3) is 0.200. The summed E-state index contributed by atoms with van der Waals surface area (Å²) in [5.41, 5.74) is 3.14. The summed E-state index contributed by atoms with van der Waals surface area (Å²) < 4.78 is 5.28. The highest BCUT2D eigenvalue weighted by molar-refractivity contribution is 6.24. The number of hydrogen-bond acceptors (Lipinski definition) is 5. The maximum atomic E-state index is 13.6. The molecule has 2 aliphatic rings. The molecule has 3 aromatic rings. The minimum atomic E-state index is -0.876. The van der Waals surface area contributed by atoms with Crippen LogP contribution >= 0.6 is 0 Å². The number of nitrogens with zero attached hydrogens (tertiary/aromatic N) is 2. The number of amides is 2. The zero-order valence-corrected chi connectivity index (χ0v) is 17.3. The smallest absolute Gasteiger partial charge is 0.266 e. The SMILES string of the molecule is COc1ccc([C@H]2[C@@H]3C(=O)N(c4ccccc4C)C(=O)[C@H]3ON2c2ccccc2)cc1. The van der Waals surface area contributed by atoms with Crippen LogP contribution in [0.5, 0.6) is 5.75 Å². The summed E-state index contributed by atoms with van der Waals surface area (Å²) in [6.45, 7) is 1.89. The minimum Gasteiger partial charge on any atom is -0.497 e. The highest BCUT2D eigenvalue weighted by Crippen LogP contribution is 2.48. The van der Waals surface area contributed by atoms with Gasteiger partial charge in [0, 0.05) is 0 Å². The predicted molar refractivity (Wildman–Crippen MR) is 117 cm³/mol. The van der Waals surface area contributed by atoms with Gasteiger partial charge in [0.15, 0.2) is 6.10 Å². The normalized spacial score (nSPS) is 22.7. The Morgan fingerprint density at radius 1 is 0.839 bits per heavy atom. The van der Waals surface area contributed by atoms with Crippen molar-refractivity contribution < 1.29 is 19.2 Å². The lowest BCUT2D eigenvalue weighted by Crippen LogP contribution is -2.37. The second kappa shape index (κ2) is 7.56. The van der Waals surface area contributed by atoms with E-state index >= 15 is 0 Å². The van der Waals surface area contributed by atoms with Gasteiger partial charge in [-0.2, -0.15) is 0 Å². The maximum Gasteiger partial charge on any atom is 0.266 e. The lowest BCUT2D eigenvalue weighted by molar-refractivity contribution is -0.126. The van der Waals surface area contributed by atoms with Crippen LogP contribution in [0.15, 0.2) is 78.9 Å². The maximum absolute atomic E-state index is 13.6. The fourth-order valence-electron chi connectivity index (χ4n) is 4.41. The Bertz CT molecular complexity index is 1130. The van der Waals surface area contributed by atoms with Crippen molar-refractivity contribution in [2.24, 2.45) is 5.92 Å². The Balaban J connectivity index is 1.59. The number of imide groups is 1. The topological polar surface area (TPSA) is 59.1 Å². The van der Waals surface area contributed by atoms with Gasteiger partial charge in [-0.25, -0.2) is 9.96 Å². The van der Waals surface area contributed by atoms with Crippen LogP contribution in [0, 0.1) is 12.8 Å². The van der Waals surface area contributed by atoms with Crippen LogP contribution in [0.2, 0.25) is 0 Å². The highest BCUT2D eigenvalue weighted by atomic mass is 16.7. The fourth-order valence-corrected chi connectivity index (χ4v) is 4.41. The molecule has 2 aliphatic heterocycles. The third kappa shape index (κ3) is 3.07. The molecule has 2 fully saturated rings. The molecule has 3 atom stereocenters. The Hall–Kier alpha value is -3.64. The van der Waals surface area contributed by atoms with Crippen LogP contribution in [0.1, 0.15) is 17.2 Å². The largest absolute Gasteiger partial charge is 0.497 e. The van der Waals surface area contributed by atoms with Gasteiger partial charge in [-0.15, -0.1) is 0 Å². The van der Waals surface area contributed by atoms with Crippen molar-refractivity contribution in [3.8, 4) is 5.75 Å². The Labute approximate surface area is 180 Å². The van der Waals surface area contributed by atoms with Gasteiger partial charge in [0.2, 0.25) is 5.91 Å². The molecule has 2 heterocycles. The van der Waals surface area contributed by atoms with E-state index in [9.17, 15) is 9.59 Å². The first kappa shape index (κ1) is 19.3. The van der Waals surface area contributed by atoms with Crippen LogP contribution in [0.4, 0.5) is 11.4 Å². The summed E-state index contributed by atoms with van der Waals surface area (Å²) >= 11 is 0. The monoisotopic (exact) mass is 414 g/mol. The van der Waals surface area contributed by atoms with Crippen LogP contribution in [-0.4, -0.2) is 25.0 Å². The van der Waals surface area contributed by atoms with E-state index in [-0.39, 0.29) is 11.8 Å². The predicted octanol–water partition coefficient (Wildman–Crippen LogP) is 4.05. The van der Waals surface area contributed by atoms with Gasteiger partial charge in [0.25, 0.3) is 5.91 Å². The lowest BCUT2D eigenvalue weighted by Gasteiger charge is -2.29. The van der Waals surface area contributed by atoms with Crippen LogP contribution < -0.4 is 14.7 Å². The Morgan fingerprint density at radius 3 is 2.19 bits per heavy atom. The molecule has 0 bridgehead atoms. The summed E-state index contributed by atoms with van der Waals surface area (Å²) in [5, 5.41) is 1.70. The molecule has 5 rings (SSSR count). The van der Waals surface area contributed by atoms with Crippen molar-refractivity contribution in [1.29, 1.82) is 0 Å². The standard InChI is InChI=1S/C25H22N2O4/c1-16-8-6-7-11-20(16)26-24(28)21-22(17-12-14-19(30-2)15-13-17)27(31-23(21)25(26)29)18-9-4-3-5-10-18/h3-15,21-23H,1-2H3/t21-,22-,23-/m0/s1. The van der Waals surface area contributed by atoms with E-state index in [1.807, 2.05) is 79.7 Å². The number of hydrogen-bond donors (Lipinski definition) is 0. The number of hydroxylamine groups is 1. The summed E-state index contributed by atoms with van der Waals surface area (Å²) in [4.78, 5) is 34.4. The molecule has 6 heteroatoms. The number of carbonyl (C=O) groups is 2. The zero-order valence-electron chi connectivity index (χ0n) is 17.3. The van der Waals surface area contributed by atoms with E-state index in [0.29, 0.717) is 5.69 Å². The first-order valence-electron chi connectivity index (χ1n) is 10.2. The highest BCUT2D eigenvalue weighted by Gasteiger charge is 2.60. The number of rotatable bonds is 4. The number of methoxy groups -OCH3 is 1. The molecule has 0 N–H and O–H groups in total. The number of benzene rings is 3. The van der Waals surface area contributed by atoms with Crippen LogP contribution in [0.25, 0.3) is 0 Å². The second-order valence-electron chi connectivity index (χ2n) is 7.73. The van der Waals surface area contributed by atoms with Gasteiger partial charge in [-0.3, -0.25) is 14.4 Å². The molecule has 3 aromatic carbocycles. The first-order valence-corrected chi connectivity index (χ1v) is 10.2. The van der Waals surface area contributed by atoms with Crippen molar-refractivity contribution in [2.75, 3.05) is 17.1 Å². The van der Waals surface area contributed by atoms with Gasteiger partial charge in [0.1, 0.15) is 11.7 Å². The molecule has 0 radical (unpaired) electrons. The van der Waals surface area contributed by atoms with Crippen molar-refractivity contribution in [3.05, 3.63) is 90.0 Å². The number of carbonyl (C=O) groups excluding carboxylic acids is 2. The van der Waals surface area contributed by atoms with Crippen molar-refractivity contribution in [3.63, 3.8) is 0 Å². The molecule has 0 aromatic heterocycles. The van der Waals surface area contributed by atoms with Gasteiger partial charge < -0.3 is 4.74 Å².